The molecule has 150 valence electrons. The third-order valence-electron chi connectivity index (χ3n) is 4.28. The lowest BCUT2D eigenvalue weighted by molar-refractivity contribution is -0.145. The summed E-state index contributed by atoms with van der Waals surface area (Å²) in [6, 6.07) is 9.10. The predicted molar refractivity (Wildman–Crippen MR) is 92.9 cm³/mol. The zero-order chi connectivity index (χ0) is 19.7. The third kappa shape index (κ3) is 5.90. The van der Waals surface area contributed by atoms with Gasteiger partial charge >= 0.3 is 12.1 Å². The summed E-state index contributed by atoms with van der Waals surface area (Å²) in [5, 5.41) is 12.2. The zero-order valence-electron chi connectivity index (χ0n) is 15.4. The van der Waals surface area contributed by atoms with Gasteiger partial charge in [-0.25, -0.2) is 9.59 Å². The van der Waals surface area contributed by atoms with E-state index in [4.69, 9.17) is 23.7 Å². The van der Waals surface area contributed by atoms with Crippen LogP contribution >= 0.6 is 0 Å². The number of nitrogens with one attached hydrogen (secondary N) is 1. The predicted octanol–water partition coefficient (Wildman–Crippen LogP) is 1.51. The quantitative estimate of drug-likeness (QED) is 0.585. The van der Waals surface area contributed by atoms with E-state index in [0.717, 1.165) is 5.56 Å². The molecule has 1 amide bonds. The van der Waals surface area contributed by atoms with Crippen molar-refractivity contribution in [2.75, 3.05) is 27.8 Å². The summed E-state index contributed by atoms with van der Waals surface area (Å²) in [5.74, 6) is -1.19. The van der Waals surface area contributed by atoms with Crippen molar-refractivity contribution in [1.82, 2.24) is 5.32 Å². The topological polar surface area (TPSA) is 113 Å². The van der Waals surface area contributed by atoms with E-state index in [-0.39, 0.29) is 33.0 Å². The van der Waals surface area contributed by atoms with E-state index in [0.29, 0.717) is 0 Å². The van der Waals surface area contributed by atoms with Gasteiger partial charge in [0.25, 0.3) is 0 Å². The lowest BCUT2D eigenvalue weighted by Gasteiger charge is -2.25. The maximum atomic E-state index is 12.2. The Balaban J connectivity index is 2.02. The molecule has 9 heteroatoms. The van der Waals surface area contributed by atoms with Crippen molar-refractivity contribution in [2.24, 2.45) is 0 Å². The minimum atomic E-state index is -1.56. The molecule has 0 saturated heterocycles. The van der Waals surface area contributed by atoms with E-state index in [1.165, 1.54) is 14.2 Å². The van der Waals surface area contributed by atoms with Crippen LogP contribution in [0.25, 0.3) is 0 Å². The number of hydrogen-bond acceptors (Lipinski definition) is 7. The number of rotatable bonds is 10. The Morgan fingerprint density at radius 3 is 2.11 bits per heavy atom. The number of carboxylic acid groups (broad SMARTS) is 1. The van der Waals surface area contributed by atoms with Crippen molar-refractivity contribution in [3.05, 3.63) is 35.9 Å². The van der Waals surface area contributed by atoms with Crippen molar-refractivity contribution in [2.45, 2.75) is 37.2 Å². The minimum absolute atomic E-state index is 0.0144. The molecule has 1 aliphatic rings. The van der Waals surface area contributed by atoms with E-state index >= 15 is 0 Å². The highest BCUT2D eigenvalue weighted by Crippen LogP contribution is 2.35. The van der Waals surface area contributed by atoms with E-state index in [9.17, 15) is 14.7 Å². The van der Waals surface area contributed by atoms with Gasteiger partial charge in [0.1, 0.15) is 25.7 Å². The Labute approximate surface area is 157 Å². The third-order valence-corrected chi connectivity index (χ3v) is 4.28. The Morgan fingerprint density at radius 1 is 1.07 bits per heavy atom. The Kier molecular flexibility index (Phi) is 7.99. The molecule has 27 heavy (non-hydrogen) atoms. The smallest absolute Gasteiger partial charge is 0.408 e. The number of methoxy groups -OCH3 is 2. The van der Waals surface area contributed by atoms with Crippen LogP contribution in [0.5, 0.6) is 0 Å². The summed E-state index contributed by atoms with van der Waals surface area (Å²) in [5.41, 5.74) is -0.768. The maximum Gasteiger partial charge on any atom is 0.408 e. The van der Waals surface area contributed by atoms with Crippen molar-refractivity contribution in [3.63, 3.8) is 0 Å². The molecule has 1 aliphatic carbocycles. The number of carbonyl (C=O) groups is 2. The molecule has 0 aromatic heterocycles. The molecule has 0 bridgehead atoms. The van der Waals surface area contributed by atoms with Crippen LogP contribution in [0.1, 0.15) is 18.4 Å². The van der Waals surface area contributed by atoms with Gasteiger partial charge in [-0.3, -0.25) is 0 Å². The summed E-state index contributed by atoms with van der Waals surface area (Å²) < 4.78 is 26.0. The molecule has 1 aromatic carbocycles. The first-order valence-corrected chi connectivity index (χ1v) is 8.44. The van der Waals surface area contributed by atoms with Gasteiger partial charge in [0.05, 0.1) is 12.2 Å². The normalized spacial score (nSPS) is 21.0. The summed E-state index contributed by atoms with van der Waals surface area (Å²) in [4.78, 5) is 24.1. The first kappa shape index (κ1) is 21.1. The fourth-order valence-electron chi connectivity index (χ4n) is 2.96. The first-order chi connectivity index (χ1) is 13.0. The fourth-order valence-corrected chi connectivity index (χ4v) is 2.96. The van der Waals surface area contributed by atoms with Crippen LogP contribution in [-0.4, -0.2) is 62.7 Å². The Hall–Kier alpha value is -2.20. The van der Waals surface area contributed by atoms with Crippen LogP contribution in [0, 0.1) is 0 Å². The number of ether oxygens (including phenoxy) is 5. The summed E-state index contributed by atoms with van der Waals surface area (Å²) in [6.07, 6.45) is -1.95. The minimum Gasteiger partial charge on any atom is -0.479 e. The highest BCUT2D eigenvalue weighted by atomic mass is 16.7. The first-order valence-electron chi connectivity index (χ1n) is 8.44. The molecule has 0 heterocycles. The van der Waals surface area contributed by atoms with E-state index < -0.39 is 29.8 Å². The zero-order valence-corrected chi connectivity index (χ0v) is 15.4. The van der Waals surface area contributed by atoms with Crippen molar-refractivity contribution < 1.29 is 38.4 Å². The highest BCUT2D eigenvalue weighted by Gasteiger charge is 2.53. The number of carbonyl (C=O) groups excluding carboxylic acids is 1. The number of carboxylic acids is 1. The number of benzene rings is 1. The average Bonchev–Trinajstić information content (AvgIpc) is 3.02. The van der Waals surface area contributed by atoms with Gasteiger partial charge in [-0.05, 0) is 5.56 Å². The maximum absolute atomic E-state index is 12.2. The van der Waals surface area contributed by atoms with Gasteiger partial charge in [0.15, 0.2) is 0 Å². The lowest BCUT2D eigenvalue weighted by Crippen LogP contribution is -2.53. The van der Waals surface area contributed by atoms with Crippen molar-refractivity contribution in [3.8, 4) is 0 Å². The van der Waals surface area contributed by atoms with Crippen LogP contribution in [0.3, 0.4) is 0 Å². The molecule has 2 atom stereocenters. The van der Waals surface area contributed by atoms with E-state index in [1.807, 2.05) is 18.2 Å². The molecule has 2 rings (SSSR count). The standard InChI is InChI=1S/C18H25NO8/c1-23-11-26-14-8-18(16(20)21,9-15(14)27-12-24-2)19-17(22)25-10-13-6-4-3-5-7-13/h3-7,14-15H,8-12H2,1-2H3,(H,19,22)(H,20,21)/t14-,15-/m0/s1. The van der Waals surface area contributed by atoms with Gasteiger partial charge in [-0.1, -0.05) is 30.3 Å². The molecular formula is C18H25NO8. The highest BCUT2D eigenvalue weighted by molar-refractivity contribution is 5.85. The number of alkyl carbamates (subject to hydrolysis) is 1. The van der Waals surface area contributed by atoms with Crippen molar-refractivity contribution in [1.29, 1.82) is 0 Å². The number of amides is 1. The summed E-state index contributed by atoms with van der Waals surface area (Å²) in [6.45, 7) is -0.00704. The van der Waals surface area contributed by atoms with Gasteiger partial charge in [0.2, 0.25) is 0 Å². The second kappa shape index (κ2) is 10.2. The van der Waals surface area contributed by atoms with E-state index in [2.05, 4.69) is 5.32 Å². The summed E-state index contributed by atoms with van der Waals surface area (Å²) >= 11 is 0. The van der Waals surface area contributed by atoms with Gasteiger partial charge in [-0.2, -0.15) is 0 Å². The summed E-state index contributed by atoms with van der Waals surface area (Å²) in [7, 11) is 2.92. The fraction of sp³-hybridized carbons (Fsp3) is 0.556. The van der Waals surface area contributed by atoms with Crippen LogP contribution in [-0.2, 0) is 35.1 Å². The molecule has 2 N–H and O–H groups in total. The molecular weight excluding hydrogens is 358 g/mol. The van der Waals surface area contributed by atoms with Crippen molar-refractivity contribution >= 4 is 12.1 Å². The molecule has 1 saturated carbocycles. The molecule has 0 aliphatic heterocycles. The number of aliphatic carboxylic acids is 1. The van der Waals surface area contributed by atoms with Gasteiger partial charge in [0, 0.05) is 27.1 Å². The monoisotopic (exact) mass is 383 g/mol. The lowest BCUT2D eigenvalue weighted by atomic mass is 9.98. The molecule has 1 aromatic rings. The average molecular weight is 383 g/mol. The van der Waals surface area contributed by atoms with E-state index in [1.54, 1.807) is 12.1 Å². The number of hydrogen-bond donors (Lipinski definition) is 2. The van der Waals surface area contributed by atoms with Gasteiger partial charge < -0.3 is 34.1 Å². The molecule has 0 unspecified atom stereocenters. The largest absolute Gasteiger partial charge is 0.479 e. The molecule has 1 fully saturated rings. The Bertz CT molecular complexity index is 593. The van der Waals surface area contributed by atoms with Crippen LogP contribution in [0.15, 0.2) is 30.3 Å². The molecule has 9 nitrogen and oxygen atoms in total. The van der Waals surface area contributed by atoms with Crippen LogP contribution in [0.4, 0.5) is 4.79 Å². The molecule has 0 spiro atoms. The van der Waals surface area contributed by atoms with Crippen LogP contribution < -0.4 is 5.32 Å². The van der Waals surface area contributed by atoms with Crippen LogP contribution in [0.2, 0.25) is 0 Å². The Morgan fingerprint density at radius 2 is 1.63 bits per heavy atom. The SMILES string of the molecule is COCO[C@H]1CC(NC(=O)OCc2ccccc2)(C(=O)O)C[C@@H]1OCOC. The van der Waals surface area contributed by atoms with Gasteiger partial charge in [-0.15, -0.1) is 0 Å². The second-order valence-electron chi connectivity index (χ2n) is 6.21. The molecule has 0 radical (unpaired) electrons. The second-order valence-corrected chi connectivity index (χ2v) is 6.21.